The SMILES string of the molecule is NC(=O)c1ccc(C(=O)N2C[C@@H]3CCN(C(=O)c4cc5c(s4)CCOC5)[C@@H]3C2)[nH]1. The van der Waals surface area contributed by atoms with Crippen LogP contribution in [-0.2, 0) is 17.8 Å². The van der Waals surface area contributed by atoms with Crippen molar-refractivity contribution in [1.29, 1.82) is 0 Å². The molecule has 3 amide bonds. The average molecular weight is 414 g/mol. The molecule has 0 spiro atoms. The molecule has 2 aromatic heterocycles. The van der Waals surface area contributed by atoms with Crippen molar-refractivity contribution < 1.29 is 19.1 Å². The summed E-state index contributed by atoms with van der Waals surface area (Å²) in [6.45, 7) is 3.14. The minimum absolute atomic E-state index is 0.0346. The van der Waals surface area contributed by atoms with Gasteiger partial charge in [0.1, 0.15) is 11.4 Å². The molecule has 8 nitrogen and oxygen atoms in total. The molecule has 9 heteroatoms. The Balaban J connectivity index is 1.30. The molecule has 3 aliphatic rings. The van der Waals surface area contributed by atoms with Gasteiger partial charge in [-0.1, -0.05) is 0 Å². The van der Waals surface area contributed by atoms with Crippen LogP contribution in [0.4, 0.5) is 0 Å². The third kappa shape index (κ3) is 3.14. The van der Waals surface area contributed by atoms with E-state index in [9.17, 15) is 14.4 Å². The van der Waals surface area contributed by atoms with E-state index in [4.69, 9.17) is 10.5 Å². The zero-order valence-corrected chi connectivity index (χ0v) is 16.7. The van der Waals surface area contributed by atoms with Gasteiger partial charge in [0.15, 0.2) is 0 Å². The van der Waals surface area contributed by atoms with Gasteiger partial charge in [-0.25, -0.2) is 0 Å². The highest BCUT2D eigenvalue weighted by Gasteiger charge is 2.45. The molecule has 0 unspecified atom stereocenters. The number of thiophene rings is 1. The van der Waals surface area contributed by atoms with Gasteiger partial charge in [-0.15, -0.1) is 11.3 Å². The highest BCUT2D eigenvalue weighted by Crippen LogP contribution is 2.35. The highest BCUT2D eigenvalue weighted by molar-refractivity contribution is 7.14. The van der Waals surface area contributed by atoms with Crippen molar-refractivity contribution in [2.24, 2.45) is 11.7 Å². The second-order valence-corrected chi connectivity index (χ2v) is 8.97. The van der Waals surface area contributed by atoms with Gasteiger partial charge in [0, 0.05) is 36.9 Å². The molecule has 3 N–H and O–H groups in total. The Morgan fingerprint density at radius 3 is 2.76 bits per heavy atom. The summed E-state index contributed by atoms with van der Waals surface area (Å²) in [6.07, 6.45) is 1.76. The van der Waals surface area contributed by atoms with Crippen LogP contribution in [0, 0.1) is 5.92 Å². The largest absolute Gasteiger partial charge is 0.376 e. The molecule has 2 fully saturated rings. The van der Waals surface area contributed by atoms with Crippen molar-refractivity contribution in [3.8, 4) is 0 Å². The molecule has 3 aliphatic heterocycles. The van der Waals surface area contributed by atoms with E-state index in [-0.39, 0.29) is 29.5 Å². The Hall–Kier alpha value is -2.65. The number of hydrogen-bond acceptors (Lipinski definition) is 5. The Morgan fingerprint density at radius 2 is 2.00 bits per heavy atom. The molecule has 0 bridgehead atoms. The van der Waals surface area contributed by atoms with E-state index in [1.165, 1.54) is 10.9 Å². The maximum atomic E-state index is 13.2. The predicted octanol–water partition coefficient (Wildman–Crippen LogP) is 1.23. The fourth-order valence-electron chi connectivity index (χ4n) is 4.61. The summed E-state index contributed by atoms with van der Waals surface area (Å²) in [7, 11) is 0. The molecule has 5 heterocycles. The number of rotatable bonds is 3. The van der Waals surface area contributed by atoms with E-state index < -0.39 is 5.91 Å². The molecule has 0 aliphatic carbocycles. The molecule has 152 valence electrons. The lowest BCUT2D eigenvalue weighted by Gasteiger charge is -2.24. The van der Waals surface area contributed by atoms with Crippen molar-refractivity contribution in [2.75, 3.05) is 26.2 Å². The Bertz CT molecular complexity index is 973. The lowest BCUT2D eigenvalue weighted by Crippen LogP contribution is -2.40. The number of aromatic amines is 1. The number of ether oxygens (including phenoxy) is 1. The van der Waals surface area contributed by atoms with Crippen molar-refractivity contribution in [1.82, 2.24) is 14.8 Å². The summed E-state index contributed by atoms with van der Waals surface area (Å²) in [4.78, 5) is 45.7. The van der Waals surface area contributed by atoms with Crippen molar-refractivity contribution in [2.45, 2.75) is 25.5 Å². The first-order chi connectivity index (χ1) is 14.0. The van der Waals surface area contributed by atoms with Crippen LogP contribution in [0.1, 0.15) is 47.5 Å². The quantitative estimate of drug-likeness (QED) is 0.787. The summed E-state index contributed by atoms with van der Waals surface area (Å²) in [6, 6.07) is 5.10. The summed E-state index contributed by atoms with van der Waals surface area (Å²) in [5.41, 5.74) is 6.95. The van der Waals surface area contributed by atoms with Crippen LogP contribution in [-0.4, -0.2) is 64.8 Å². The minimum atomic E-state index is -0.594. The maximum absolute atomic E-state index is 13.2. The molecule has 5 rings (SSSR count). The fourth-order valence-corrected chi connectivity index (χ4v) is 5.71. The number of nitrogens with zero attached hydrogens (tertiary/aromatic N) is 2. The van der Waals surface area contributed by atoms with Crippen molar-refractivity contribution in [3.05, 3.63) is 44.9 Å². The lowest BCUT2D eigenvalue weighted by molar-refractivity contribution is 0.0690. The van der Waals surface area contributed by atoms with Gasteiger partial charge >= 0.3 is 0 Å². The van der Waals surface area contributed by atoms with Crippen LogP contribution in [0.5, 0.6) is 0 Å². The molecule has 2 saturated heterocycles. The number of carbonyl (C=O) groups excluding carboxylic acids is 3. The van der Waals surface area contributed by atoms with E-state index >= 15 is 0 Å². The average Bonchev–Trinajstić information content (AvgIpc) is 3.48. The van der Waals surface area contributed by atoms with Crippen LogP contribution >= 0.6 is 11.3 Å². The van der Waals surface area contributed by atoms with E-state index in [0.29, 0.717) is 32.0 Å². The van der Waals surface area contributed by atoms with Gasteiger partial charge in [-0.2, -0.15) is 0 Å². The molecular weight excluding hydrogens is 392 g/mol. The minimum Gasteiger partial charge on any atom is -0.376 e. The van der Waals surface area contributed by atoms with Gasteiger partial charge in [0.05, 0.1) is 24.1 Å². The van der Waals surface area contributed by atoms with Crippen LogP contribution in [0.2, 0.25) is 0 Å². The number of amides is 3. The van der Waals surface area contributed by atoms with Gasteiger partial charge in [-0.05, 0) is 30.2 Å². The highest BCUT2D eigenvalue weighted by atomic mass is 32.1. The van der Waals surface area contributed by atoms with Crippen molar-refractivity contribution in [3.63, 3.8) is 0 Å². The number of carbonyl (C=O) groups is 3. The normalized spacial score (nSPS) is 23.2. The Kier molecular flexibility index (Phi) is 4.44. The number of hydrogen-bond donors (Lipinski definition) is 2. The number of H-pyrrole nitrogens is 1. The third-order valence-corrected chi connectivity index (χ3v) is 7.34. The molecule has 2 aromatic rings. The number of nitrogens with one attached hydrogen (secondary N) is 1. The first-order valence-corrected chi connectivity index (χ1v) is 10.6. The number of nitrogens with two attached hydrogens (primary N) is 1. The zero-order valence-electron chi connectivity index (χ0n) is 15.8. The maximum Gasteiger partial charge on any atom is 0.270 e. The first kappa shape index (κ1) is 18.4. The van der Waals surface area contributed by atoms with E-state index in [2.05, 4.69) is 4.98 Å². The Morgan fingerprint density at radius 1 is 1.17 bits per heavy atom. The molecular formula is C20H22N4O4S. The first-order valence-electron chi connectivity index (χ1n) is 9.79. The smallest absolute Gasteiger partial charge is 0.270 e. The number of fused-ring (bicyclic) bond motifs is 2. The van der Waals surface area contributed by atoms with E-state index in [1.807, 2.05) is 11.0 Å². The second-order valence-electron chi connectivity index (χ2n) is 7.84. The van der Waals surface area contributed by atoms with E-state index in [0.717, 1.165) is 29.8 Å². The fraction of sp³-hybridized carbons (Fsp3) is 0.450. The number of aromatic nitrogens is 1. The topological polar surface area (TPSA) is 109 Å². The number of likely N-dealkylation sites (tertiary alicyclic amines) is 2. The van der Waals surface area contributed by atoms with Gasteiger partial charge in [0.25, 0.3) is 17.7 Å². The lowest BCUT2D eigenvalue weighted by atomic mass is 10.1. The third-order valence-electron chi connectivity index (χ3n) is 6.12. The van der Waals surface area contributed by atoms with Gasteiger partial charge < -0.3 is 25.3 Å². The van der Waals surface area contributed by atoms with Gasteiger partial charge in [-0.3, -0.25) is 14.4 Å². The Labute approximate surface area is 171 Å². The van der Waals surface area contributed by atoms with Crippen LogP contribution in [0.15, 0.2) is 18.2 Å². The molecule has 29 heavy (non-hydrogen) atoms. The van der Waals surface area contributed by atoms with Crippen LogP contribution < -0.4 is 5.73 Å². The standard InChI is InChI=1S/C20H22N4O4S/c21-18(25)13-1-2-14(22-13)19(26)23-8-11-3-5-24(15(11)9-23)20(27)17-7-12-10-28-6-4-16(12)29-17/h1-2,7,11,15,22H,3-6,8-10H2,(H2,21,25)/t11-,15+/m0/s1. The second kappa shape index (κ2) is 7.00. The van der Waals surface area contributed by atoms with Crippen LogP contribution in [0.25, 0.3) is 0 Å². The summed E-state index contributed by atoms with van der Waals surface area (Å²) < 4.78 is 5.49. The summed E-state index contributed by atoms with van der Waals surface area (Å²) in [5.74, 6) is -0.417. The van der Waals surface area contributed by atoms with E-state index in [1.54, 1.807) is 22.3 Å². The predicted molar refractivity (Wildman–Crippen MR) is 106 cm³/mol. The molecule has 0 radical (unpaired) electrons. The van der Waals surface area contributed by atoms with Crippen LogP contribution in [0.3, 0.4) is 0 Å². The summed E-state index contributed by atoms with van der Waals surface area (Å²) >= 11 is 1.57. The van der Waals surface area contributed by atoms with Gasteiger partial charge in [0.2, 0.25) is 0 Å². The molecule has 2 atom stereocenters. The molecule has 0 saturated carbocycles. The van der Waals surface area contributed by atoms with Crippen molar-refractivity contribution >= 4 is 29.1 Å². The monoisotopic (exact) mass is 414 g/mol. The summed E-state index contributed by atoms with van der Waals surface area (Å²) in [5, 5.41) is 0. The number of primary amides is 1. The molecule has 0 aromatic carbocycles. The zero-order chi connectivity index (χ0) is 20.1.